The molecule has 0 atom stereocenters. The minimum Gasteiger partial charge on any atom is -0.493 e. The Bertz CT molecular complexity index is 1220. The molecule has 1 saturated heterocycles. The van der Waals surface area contributed by atoms with Gasteiger partial charge in [0.2, 0.25) is 0 Å². The molecule has 5 nitrogen and oxygen atoms in total. The molecule has 1 heterocycles. The SMILES string of the molecule is COc1cc(/C=C2/C(=O)N(C)C(=S)N2C)cc(I)c1OCc1cccc2ccccc12. The van der Waals surface area contributed by atoms with Crippen LogP contribution in [0.1, 0.15) is 11.1 Å². The van der Waals surface area contributed by atoms with Crippen molar-refractivity contribution in [1.82, 2.24) is 9.80 Å². The van der Waals surface area contributed by atoms with E-state index in [1.165, 1.54) is 15.7 Å². The van der Waals surface area contributed by atoms with Gasteiger partial charge in [0, 0.05) is 14.1 Å². The molecule has 1 fully saturated rings. The number of carbonyl (C=O) groups is 1. The van der Waals surface area contributed by atoms with Gasteiger partial charge in [0.25, 0.3) is 5.91 Å². The molecule has 0 bridgehead atoms. The van der Waals surface area contributed by atoms with Gasteiger partial charge in [0.05, 0.1) is 10.7 Å². The third-order valence-corrected chi connectivity index (χ3v) is 6.62. The van der Waals surface area contributed by atoms with Gasteiger partial charge in [-0.1, -0.05) is 42.5 Å². The summed E-state index contributed by atoms with van der Waals surface area (Å²) in [6.45, 7) is 0.425. The summed E-state index contributed by atoms with van der Waals surface area (Å²) in [5, 5.41) is 2.83. The maximum absolute atomic E-state index is 12.5. The highest BCUT2D eigenvalue weighted by Gasteiger charge is 2.32. The van der Waals surface area contributed by atoms with Crippen molar-refractivity contribution < 1.29 is 14.3 Å². The molecule has 1 aliphatic heterocycles. The second-order valence-electron chi connectivity index (χ2n) is 7.20. The van der Waals surface area contributed by atoms with Crippen molar-refractivity contribution in [3.8, 4) is 11.5 Å². The van der Waals surface area contributed by atoms with Crippen molar-refractivity contribution >= 4 is 62.7 Å². The van der Waals surface area contributed by atoms with E-state index in [0.29, 0.717) is 28.9 Å². The number of carbonyl (C=O) groups excluding carboxylic acids is 1. The zero-order valence-electron chi connectivity index (χ0n) is 17.4. The zero-order chi connectivity index (χ0) is 22.1. The monoisotopic (exact) mass is 544 g/mol. The predicted molar refractivity (Wildman–Crippen MR) is 135 cm³/mol. The molecular formula is C24H21IN2O3S. The molecule has 4 rings (SSSR count). The highest BCUT2D eigenvalue weighted by molar-refractivity contribution is 14.1. The van der Waals surface area contributed by atoms with Gasteiger partial charge in [0.1, 0.15) is 12.3 Å². The van der Waals surface area contributed by atoms with Crippen molar-refractivity contribution in [3.05, 3.63) is 75.0 Å². The van der Waals surface area contributed by atoms with Crippen LogP contribution in [0.25, 0.3) is 16.8 Å². The van der Waals surface area contributed by atoms with Crippen molar-refractivity contribution in [2.45, 2.75) is 6.61 Å². The molecule has 0 spiro atoms. The van der Waals surface area contributed by atoms with E-state index in [1.807, 2.05) is 36.4 Å². The largest absolute Gasteiger partial charge is 0.493 e. The Morgan fingerprint density at radius 1 is 1.06 bits per heavy atom. The Morgan fingerprint density at radius 3 is 2.52 bits per heavy atom. The Kier molecular flexibility index (Phi) is 6.15. The molecule has 158 valence electrons. The number of amides is 1. The number of benzene rings is 3. The van der Waals surface area contributed by atoms with Gasteiger partial charge in [0.15, 0.2) is 16.6 Å². The van der Waals surface area contributed by atoms with Crippen LogP contribution in [-0.2, 0) is 11.4 Å². The first-order valence-electron chi connectivity index (χ1n) is 9.65. The van der Waals surface area contributed by atoms with Crippen molar-refractivity contribution in [3.63, 3.8) is 0 Å². The quantitative estimate of drug-likeness (QED) is 0.255. The van der Waals surface area contributed by atoms with Gasteiger partial charge in [-0.2, -0.15) is 0 Å². The van der Waals surface area contributed by atoms with E-state index in [4.69, 9.17) is 21.7 Å². The first kappa shape index (κ1) is 21.6. The van der Waals surface area contributed by atoms with Gasteiger partial charge in [-0.25, -0.2) is 0 Å². The van der Waals surface area contributed by atoms with Crippen molar-refractivity contribution in [2.75, 3.05) is 21.2 Å². The summed E-state index contributed by atoms with van der Waals surface area (Å²) in [5.41, 5.74) is 2.47. The van der Waals surface area contributed by atoms with Crippen LogP contribution in [0.5, 0.6) is 11.5 Å². The first-order valence-corrected chi connectivity index (χ1v) is 11.1. The van der Waals surface area contributed by atoms with E-state index in [0.717, 1.165) is 14.7 Å². The number of hydrogen-bond acceptors (Lipinski definition) is 4. The number of rotatable bonds is 5. The smallest absolute Gasteiger partial charge is 0.276 e. The van der Waals surface area contributed by atoms with Crippen molar-refractivity contribution in [1.29, 1.82) is 0 Å². The Morgan fingerprint density at radius 2 is 1.81 bits per heavy atom. The Balaban J connectivity index is 1.64. The molecule has 0 aromatic heterocycles. The zero-order valence-corrected chi connectivity index (χ0v) is 20.4. The molecule has 0 saturated carbocycles. The lowest BCUT2D eigenvalue weighted by molar-refractivity contribution is -0.121. The molecule has 31 heavy (non-hydrogen) atoms. The van der Waals surface area contributed by atoms with Gasteiger partial charge in [-0.15, -0.1) is 0 Å². The van der Waals surface area contributed by atoms with Crippen LogP contribution in [0.3, 0.4) is 0 Å². The van der Waals surface area contributed by atoms with E-state index < -0.39 is 0 Å². The standard InChI is InChI=1S/C24H21IN2O3S/c1-26-20(23(28)27(2)24(26)31)12-15-11-19(25)22(21(13-15)29-3)30-14-17-9-6-8-16-7-4-5-10-18(16)17/h4-13H,14H2,1-3H3/b20-12-. The van der Waals surface area contributed by atoms with Gasteiger partial charge < -0.3 is 14.4 Å². The molecule has 1 aliphatic rings. The number of fused-ring (bicyclic) bond motifs is 1. The normalized spacial score (nSPS) is 15.3. The highest BCUT2D eigenvalue weighted by atomic mass is 127. The van der Waals surface area contributed by atoms with E-state index in [-0.39, 0.29) is 5.91 Å². The minimum atomic E-state index is -0.127. The molecule has 0 radical (unpaired) electrons. The number of thiocarbonyl (C=S) groups is 1. The van der Waals surface area contributed by atoms with Gasteiger partial charge in [-0.05, 0) is 74.9 Å². The number of likely N-dealkylation sites (N-methyl/N-ethyl adjacent to an activating group) is 2. The molecular weight excluding hydrogens is 523 g/mol. The second-order valence-corrected chi connectivity index (χ2v) is 8.72. The third-order valence-electron chi connectivity index (χ3n) is 5.27. The Labute approximate surface area is 200 Å². The average Bonchev–Trinajstić information content (AvgIpc) is 2.96. The first-order chi connectivity index (χ1) is 14.9. The van der Waals surface area contributed by atoms with E-state index in [2.05, 4.69) is 46.9 Å². The molecule has 1 amide bonds. The van der Waals surface area contributed by atoms with Crippen molar-refractivity contribution in [2.24, 2.45) is 0 Å². The van der Waals surface area contributed by atoms with Crippen LogP contribution in [-0.4, -0.2) is 42.0 Å². The summed E-state index contributed by atoms with van der Waals surface area (Å²) in [4.78, 5) is 15.6. The summed E-state index contributed by atoms with van der Waals surface area (Å²) >= 11 is 7.52. The minimum absolute atomic E-state index is 0.127. The fourth-order valence-corrected chi connectivity index (χ4v) is 4.54. The van der Waals surface area contributed by atoms with Crippen LogP contribution < -0.4 is 9.47 Å². The molecule has 0 aliphatic carbocycles. The Hall–Kier alpha value is -2.65. The van der Waals surface area contributed by atoms with Gasteiger partial charge >= 0.3 is 0 Å². The molecule has 0 N–H and O–H groups in total. The van der Waals surface area contributed by atoms with E-state index in [9.17, 15) is 4.79 Å². The van der Waals surface area contributed by atoms with Crippen LogP contribution in [0.15, 0.2) is 60.3 Å². The number of nitrogens with zero attached hydrogens (tertiary/aromatic N) is 2. The maximum Gasteiger partial charge on any atom is 0.276 e. The van der Waals surface area contributed by atoms with Crippen LogP contribution in [0, 0.1) is 3.57 Å². The van der Waals surface area contributed by atoms with Crippen LogP contribution in [0.4, 0.5) is 0 Å². The lowest BCUT2D eigenvalue weighted by Gasteiger charge is -2.15. The fourth-order valence-electron chi connectivity index (χ4n) is 3.58. The molecule has 3 aromatic carbocycles. The van der Waals surface area contributed by atoms with Gasteiger partial charge in [-0.3, -0.25) is 9.69 Å². The number of halogens is 1. The summed E-state index contributed by atoms with van der Waals surface area (Å²) in [5.74, 6) is 1.16. The van der Waals surface area contributed by atoms with Crippen LogP contribution in [0.2, 0.25) is 0 Å². The van der Waals surface area contributed by atoms with E-state index >= 15 is 0 Å². The number of ether oxygens (including phenoxy) is 2. The second kappa shape index (κ2) is 8.84. The topological polar surface area (TPSA) is 42.0 Å². The summed E-state index contributed by atoms with van der Waals surface area (Å²) in [6, 6.07) is 18.3. The number of methoxy groups -OCH3 is 1. The van der Waals surface area contributed by atoms with E-state index in [1.54, 1.807) is 26.1 Å². The third kappa shape index (κ3) is 4.12. The summed E-state index contributed by atoms with van der Waals surface area (Å²) in [6.07, 6.45) is 1.82. The summed E-state index contributed by atoms with van der Waals surface area (Å²) < 4.78 is 12.7. The maximum atomic E-state index is 12.5. The predicted octanol–water partition coefficient (Wildman–Crippen LogP) is 5.06. The molecule has 7 heteroatoms. The fraction of sp³-hybridized carbons (Fsp3) is 0.167. The lowest BCUT2D eigenvalue weighted by Crippen LogP contribution is -2.26. The molecule has 0 unspecified atom stereocenters. The molecule has 3 aromatic rings. The summed E-state index contributed by atoms with van der Waals surface area (Å²) in [7, 11) is 5.08. The number of hydrogen-bond donors (Lipinski definition) is 0. The average molecular weight is 544 g/mol. The lowest BCUT2D eigenvalue weighted by atomic mass is 10.1. The van der Waals surface area contributed by atoms with Crippen LogP contribution >= 0.6 is 34.8 Å². The highest BCUT2D eigenvalue weighted by Crippen LogP contribution is 2.36.